The average Bonchev–Trinajstić information content (AvgIpc) is 2.27. The molecule has 2 aromatic rings. The molecular formula is C10H10BNO3. The molecule has 0 amide bonds. The normalized spacial score (nSPS) is 10.3. The first-order valence-electron chi connectivity index (χ1n) is 4.52. The second-order valence-electron chi connectivity index (χ2n) is 3.14. The van der Waals surface area contributed by atoms with E-state index >= 15 is 0 Å². The lowest BCUT2D eigenvalue weighted by Gasteiger charge is -2.09. The Bertz CT molecular complexity index is 487. The lowest BCUT2D eigenvalue weighted by Crippen LogP contribution is -2.33. The minimum absolute atomic E-state index is 0.135. The lowest BCUT2D eigenvalue weighted by atomic mass is 9.84. The molecule has 0 aliphatic carbocycles. The van der Waals surface area contributed by atoms with Gasteiger partial charge in [0.15, 0.2) is 0 Å². The molecule has 0 radical (unpaired) electrons. The van der Waals surface area contributed by atoms with Gasteiger partial charge in [0.1, 0.15) is 11.3 Å². The van der Waals surface area contributed by atoms with Crippen LogP contribution in [-0.4, -0.2) is 29.3 Å². The van der Waals surface area contributed by atoms with Crippen LogP contribution in [0.1, 0.15) is 0 Å². The van der Waals surface area contributed by atoms with Crippen LogP contribution >= 0.6 is 0 Å². The number of fused-ring (bicyclic) bond motifs is 1. The Morgan fingerprint density at radius 2 is 2.00 bits per heavy atom. The summed E-state index contributed by atoms with van der Waals surface area (Å²) in [5, 5.41) is 19.9. The first-order chi connectivity index (χ1) is 7.24. The van der Waals surface area contributed by atoms with E-state index in [0.717, 1.165) is 10.8 Å². The van der Waals surface area contributed by atoms with Gasteiger partial charge in [-0.15, -0.1) is 0 Å². The maximum atomic E-state index is 9.11. The third kappa shape index (κ3) is 1.67. The van der Waals surface area contributed by atoms with E-state index in [1.807, 2.05) is 24.3 Å². The number of rotatable bonds is 2. The smallest absolute Gasteiger partial charge is 0.495 e. The monoisotopic (exact) mass is 203 g/mol. The van der Waals surface area contributed by atoms with Crippen LogP contribution in [-0.2, 0) is 0 Å². The number of hydrogen-bond donors (Lipinski definition) is 2. The van der Waals surface area contributed by atoms with E-state index in [2.05, 4.69) is 4.98 Å². The fourth-order valence-electron chi connectivity index (χ4n) is 1.55. The molecule has 0 bridgehead atoms. The summed E-state index contributed by atoms with van der Waals surface area (Å²) in [7, 11) is -0.139. The van der Waals surface area contributed by atoms with Gasteiger partial charge < -0.3 is 14.8 Å². The molecule has 2 rings (SSSR count). The van der Waals surface area contributed by atoms with Gasteiger partial charge in [-0.05, 0) is 0 Å². The topological polar surface area (TPSA) is 62.6 Å². The summed E-state index contributed by atoms with van der Waals surface area (Å²) in [5.41, 5.74) is 0.135. The Morgan fingerprint density at radius 1 is 1.27 bits per heavy atom. The number of ether oxygens (including phenoxy) is 1. The molecule has 0 atom stereocenters. The number of hydrogen-bond acceptors (Lipinski definition) is 4. The number of methoxy groups -OCH3 is 1. The second kappa shape index (κ2) is 3.88. The zero-order valence-corrected chi connectivity index (χ0v) is 8.21. The van der Waals surface area contributed by atoms with Crippen molar-refractivity contribution in [3.05, 3.63) is 30.5 Å². The summed E-state index contributed by atoms with van der Waals surface area (Å²) in [4.78, 5) is 3.95. The molecule has 76 valence electrons. The Hall–Kier alpha value is -1.59. The van der Waals surface area contributed by atoms with Gasteiger partial charge in [-0.25, -0.2) is 0 Å². The summed E-state index contributed by atoms with van der Waals surface area (Å²) >= 11 is 0. The zero-order chi connectivity index (χ0) is 10.8. The Morgan fingerprint density at radius 3 is 2.67 bits per heavy atom. The first-order valence-corrected chi connectivity index (χ1v) is 4.52. The molecule has 0 saturated carbocycles. The van der Waals surface area contributed by atoms with Gasteiger partial charge in [-0.1, -0.05) is 24.3 Å². The number of pyridine rings is 1. The molecule has 15 heavy (non-hydrogen) atoms. The Balaban J connectivity index is 2.75. The standard InChI is InChI=1S/C10H10BNO3/c1-15-9-8-5-3-2-4-7(8)6-12-10(9)11(13)14/h2-6,13-14H,1H3. The molecule has 0 unspecified atom stereocenters. The molecule has 1 aromatic carbocycles. The van der Waals surface area contributed by atoms with Crippen molar-refractivity contribution in [3.63, 3.8) is 0 Å². The summed E-state index contributed by atoms with van der Waals surface area (Å²) < 4.78 is 5.14. The van der Waals surface area contributed by atoms with Crippen molar-refractivity contribution in [2.45, 2.75) is 0 Å². The van der Waals surface area contributed by atoms with E-state index in [1.54, 1.807) is 6.20 Å². The average molecular weight is 203 g/mol. The highest BCUT2D eigenvalue weighted by Crippen LogP contribution is 2.21. The van der Waals surface area contributed by atoms with E-state index in [1.165, 1.54) is 7.11 Å². The molecule has 0 aliphatic rings. The van der Waals surface area contributed by atoms with E-state index in [0.29, 0.717) is 5.75 Å². The first kappa shape index (κ1) is 9.95. The largest absolute Gasteiger partial charge is 0.512 e. The van der Waals surface area contributed by atoms with Gasteiger partial charge in [0, 0.05) is 17.0 Å². The molecule has 0 fully saturated rings. The number of nitrogens with zero attached hydrogens (tertiary/aromatic N) is 1. The molecule has 2 N–H and O–H groups in total. The van der Waals surface area contributed by atoms with Gasteiger partial charge in [0.25, 0.3) is 0 Å². The third-order valence-electron chi connectivity index (χ3n) is 2.23. The maximum absolute atomic E-state index is 9.11. The number of benzene rings is 1. The molecule has 0 spiro atoms. The van der Waals surface area contributed by atoms with Crippen molar-refractivity contribution in [2.75, 3.05) is 7.11 Å². The van der Waals surface area contributed by atoms with E-state index in [4.69, 9.17) is 14.8 Å². The molecule has 5 heteroatoms. The van der Waals surface area contributed by atoms with Gasteiger partial charge in [0.05, 0.1) is 7.11 Å². The van der Waals surface area contributed by atoms with Crippen molar-refractivity contribution in [1.29, 1.82) is 0 Å². The Labute approximate surface area is 87.3 Å². The summed E-state index contributed by atoms with van der Waals surface area (Å²) in [6, 6.07) is 7.48. The van der Waals surface area contributed by atoms with Crippen molar-refractivity contribution >= 4 is 23.5 Å². The van der Waals surface area contributed by atoms with Crippen LogP contribution in [0.15, 0.2) is 30.5 Å². The number of aromatic nitrogens is 1. The summed E-state index contributed by atoms with van der Waals surface area (Å²) in [5.74, 6) is 0.406. The molecule has 1 heterocycles. The van der Waals surface area contributed by atoms with E-state index < -0.39 is 7.12 Å². The van der Waals surface area contributed by atoms with Crippen LogP contribution < -0.4 is 10.3 Å². The van der Waals surface area contributed by atoms with Gasteiger partial charge >= 0.3 is 7.12 Å². The second-order valence-corrected chi connectivity index (χ2v) is 3.14. The minimum atomic E-state index is -1.62. The molecule has 4 nitrogen and oxygen atoms in total. The fourth-order valence-corrected chi connectivity index (χ4v) is 1.55. The van der Waals surface area contributed by atoms with Crippen molar-refractivity contribution in [1.82, 2.24) is 4.98 Å². The van der Waals surface area contributed by atoms with E-state index in [9.17, 15) is 0 Å². The van der Waals surface area contributed by atoms with Crippen LogP contribution in [0.2, 0.25) is 0 Å². The molecular weight excluding hydrogens is 193 g/mol. The highest BCUT2D eigenvalue weighted by Gasteiger charge is 2.20. The molecule has 1 aromatic heterocycles. The van der Waals surface area contributed by atoms with Crippen LogP contribution in [0.4, 0.5) is 0 Å². The van der Waals surface area contributed by atoms with Crippen LogP contribution in [0, 0.1) is 0 Å². The SMILES string of the molecule is COc1c(B(O)O)ncc2ccccc12. The van der Waals surface area contributed by atoms with Gasteiger partial charge in [-0.2, -0.15) is 0 Å². The predicted octanol–water partition coefficient (Wildman–Crippen LogP) is -0.0768. The molecule has 0 aliphatic heterocycles. The third-order valence-corrected chi connectivity index (χ3v) is 2.23. The zero-order valence-electron chi connectivity index (χ0n) is 8.21. The summed E-state index contributed by atoms with van der Waals surface area (Å²) in [6.45, 7) is 0. The maximum Gasteiger partial charge on any atom is 0.512 e. The van der Waals surface area contributed by atoms with Crippen molar-refractivity contribution < 1.29 is 14.8 Å². The molecule has 0 saturated heterocycles. The quantitative estimate of drug-likeness (QED) is 0.670. The van der Waals surface area contributed by atoms with Crippen molar-refractivity contribution in [3.8, 4) is 5.75 Å². The predicted molar refractivity (Wildman–Crippen MR) is 58.1 cm³/mol. The highest BCUT2D eigenvalue weighted by molar-refractivity contribution is 6.59. The van der Waals surface area contributed by atoms with Crippen LogP contribution in [0.5, 0.6) is 5.75 Å². The van der Waals surface area contributed by atoms with Crippen LogP contribution in [0.25, 0.3) is 10.8 Å². The van der Waals surface area contributed by atoms with Gasteiger partial charge in [0.2, 0.25) is 0 Å². The highest BCUT2D eigenvalue weighted by atomic mass is 16.5. The van der Waals surface area contributed by atoms with Crippen molar-refractivity contribution in [2.24, 2.45) is 0 Å². The van der Waals surface area contributed by atoms with Gasteiger partial charge in [-0.3, -0.25) is 4.98 Å². The lowest BCUT2D eigenvalue weighted by molar-refractivity contribution is 0.404. The van der Waals surface area contributed by atoms with Crippen LogP contribution in [0.3, 0.4) is 0 Å². The minimum Gasteiger partial charge on any atom is -0.495 e. The fraction of sp³-hybridized carbons (Fsp3) is 0.100. The summed E-state index contributed by atoms with van der Waals surface area (Å²) in [6.07, 6.45) is 1.59. The Kier molecular flexibility index (Phi) is 2.57. The van der Waals surface area contributed by atoms with E-state index in [-0.39, 0.29) is 5.59 Å².